The zero-order valence-electron chi connectivity index (χ0n) is 21.5. The van der Waals surface area contributed by atoms with E-state index >= 15 is 0 Å². The van der Waals surface area contributed by atoms with Crippen LogP contribution in [0.2, 0.25) is 0 Å². The van der Waals surface area contributed by atoms with Crippen LogP contribution >= 0.6 is 0 Å². The predicted octanol–water partition coefficient (Wildman–Crippen LogP) is 4.85. The second-order valence-corrected chi connectivity index (χ2v) is 10.3. The Morgan fingerprint density at radius 3 is 2.39 bits per heavy atom. The molecular weight excluding hydrogens is 520 g/mol. The quantitative estimate of drug-likeness (QED) is 0.217. The van der Waals surface area contributed by atoms with Crippen molar-refractivity contribution in [2.75, 3.05) is 10.2 Å². The Balaban J connectivity index is 1.51. The minimum absolute atomic E-state index is 0.146. The van der Waals surface area contributed by atoms with Gasteiger partial charge in [-0.2, -0.15) is 0 Å². The van der Waals surface area contributed by atoms with Crippen LogP contribution in [0.25, 0.3) is 6.08 Å². The highest BCUT2D eigenvalue weighted by atomic mass is 16.6. The van der Waals surface area contributed by atoms with Crippen LogP contribution in [0.5, 0.6) is 0 Å². The van der Waals surface area contributed by atoms with Crippen LogP contribution in [0.4, 0.5) is 17.1 Å². The molecule has 0 aliphatic carbocycles. The molecule has 3 aliphatic rings. The van der Waals surface area contributed by atoms with Crippen LogP contribution in [0, 0.1) is 16.0 Å². The smallest absolute Gasteiger partial charge is 0.269 e. The summed E-state index contributed by atoms with van der Waals surface area (Å²) in [4.78, 5) is 60.3. The van der Waals surface area contributed by atoms with Crippen LogP contribution in [-0.4, -0.2) is 39.5 Å². The number of Topliss-reactive ketones (excluding diaryl/α,β-unsaturated/α-hetero) is 2. The topological polar surface area (TPSA) is 123 Å². The minimum atomic E-state index is -1.45. The molecule has 3 aliphatic heterocycles. The molecule has 9 heteroatoms. The summed E-state index contributed by atoms with van der Waals surface area (Å²) in [6, 6.07) is 23.3. The molecule has 7 rings (SSSR count). The number of non-ortho nitro benzene ring substituents is 1. The van der Waals surface area contributed by atoms with E-state index in [4.69, 9.17) is 0 Å². The first kappa shape index (κ1) is 24.6. The van der Waals surface area contributed by atoms with Crippen LogP contribution in [-0.2, 0) is 10.2 Å². The summed E-state index contributed by atoms with van der Waals surface area (Å²) >= 11 is 0. The van der Waals surface area contributed by atoms with Gasteiger partial charge in [0.1, 0.15) is 17.2 Å². The number of hydrogen-bond donors (Lipinski definition) is 1. The SMILES string of the molecule is O=C(c1ccc([N+](=O)[O-])cc1)[C@@H]1[C@H](C(=O)c2ccccn2)[C@]2(C(=O)Nc3ccccc32)[C@H]2C=Cc3ccccc3N12. The maximum absolute atomic E-state index is 14.6. The van der Waals surface area contributed by atoms with E-state index in [1.54, 1.807) is 24.3 Å². The van der Waals surface area contributed by atoms with Gasteiger partial charge in [0, 0.05) is 35.3 Å². The number of fused-ring (bicyclic) bond motifs is 6. The fourth-order valence-corrected chi connectivity index (χ4v) is 6.71. The molecule has 1 saturated heterocycles. The summed E-state index contributed by atoms with van der Waals surface area (Å²) in [5.74, 6) is -2.38. The molecule has 0 unspecified atom stereocenters. The Morgan fingerprint density at radius 2 is 1.63 bits per heavy atom. The molecule has 4 heterocycles. The number of nitrogens with one attached hydrogen (secondary N) is 1. The van der Waals surface area contributed by atoms with E-state index in [2.05, 4.69) is 10.3 Å². The van der Waals surface area contributed by atoms with Crippen molar-refractivity contribution in [2.24, 2.45) is 5.92 Å². The fourth-order valence-electron chi connectivity index (χ4n) is 6.71. The number of nitro benzene ring substituents is 1. The first-order valence-corrected chi connectivity index (χ1v) is 13.1. The predicted molar refractivity (Wildman–Crippen MR) is 152 cm³/mol. The lowest BCUT2D eigenvalue weighted by molar-refractivity contribution is -0.384. The Kier molecular flexibility index (Phi) is 5.43. The van der Waals surface area contributed by atoms with Crippen molar-refractivity contribution in [1.82, 2.24) is 4.98 Å². The van der Waals surface area contributed by atoms with E-state index in [1.807, 2.05) is 59.5 Å². The summed E-state index contributed by atoms with van der Waals surface area (Å²) in [7, 11) is 0. The van der Waals surface area contributed by atoms with E-state index in [1.165, 1.54) is 30.5 Å². The molecule has 9 nitrogen and oxygen atoms in total. The van der Waals surface area contributed by atoms with Crippen molar-refractivity contribution in [3.63, 3.8) is 0 Å². The number of anilines is 2. The lowest BCUT2D eigenvalue weighted by Crippen LogP contribution is -2.51. The van der Waals surface area contributed by atoms with Gasteiger partial charge in [-0.05, 0) is 47.5 Å². The van der Waals surface area contributed by atoms with Gasteiger partial charge in [0.2, 0.25) is 5.91 Å². The monoisotopic (exact) mass is 542 g/mol. The van der Waals surface area contributed by atoms with Gasteiger partial charge >= 0.3 is 0 Å². The number of nitro groups is 1. The Hall–Kier alpha value is -5.44. The second kappa shape index (κ2) is 9.06. The highest BCUT2D eigenvalue weighted by molar-refractivity contribution is 6.18. The van der Waals surface area contributed by atoms with Gasteiger partial charge in [-0.1, -0.05) is 54.6 Å². The Morgan fingerprint density at radius 1 is 0.902 bits per heavy atom. The highest BCUT2D eigenvalue weighted by Gasteiger charge is 2.70. The summed E-state index contributed by atoms with van der Waals surface area (Å²) in [6.45, 7) is 0. The standard InChI is InChI=1S/C32H22N4O5/c37-29(20-12-15-21(16-13-20)36(40)41)28-27(30(38)24-10-5-6-18-33-24)32(22-8-2-3-9-23(22)34-31(32)39)26-17-14-19-7-1-4-11-25(19)35(26)28/h1-18,26-28H,(H,34,39)/t26-,27-,28+,32-/m1/s1. The molecule has 200 valence electrons. The van der Waals surface area contributed by atoms with E-state index in [-0.39, 0.29) is 22.9 Å². The molecule has 3 aromatic carbocycles. The Bertz CT molecular complexity index is 1790. The minimum Gasteiger partial charge on any atom is -0.352 e. The normalized spacial score (nSPS) is 23.5. The van der Waals surface area contributed by atoms with Crippen molar-refractivity contribution in [3.05, 3.63) is 136 Å². The summed E-state index contributed by atoms with van der Waals surface area (Å²) in [6.07, 6.45) is 5.33. The first-order valence-electron chi connectivity index (χ1n) is 13.1. The third kappa shape index (κ3) is 3.42. The highest BCUT2D eigenvalue weighted by Crippen LogP contribution is 2.58. The number of hydrogen-bond acceptors (Lipinski definition) is 7. The van der Waals surface area contributed by atoms with Crippen LogP contribution in [0.3, 0.4) is 0 Å². The first-order chi connectivity index (χ1) is 19.9. The number of carbonyl (C=O) groups excluding carboxylic acids is 3. The largest absolute Gasteiger partial charge is 0.352 e. The molecule has 41 heavy (non-hydrogen) atoms. The molecule has 0 bridgehead atoms. The maximum atomic E-state index is 14.6. The van der Waals surface area contributed by atoms with Gasteiger partial charge in [0.05, 0.1) is 16.9 Å². The van der Waals surface area contributed by atoms with Crippen molar-refractivity contribution >= 4 is 40.6 Å². The van der Waals surface area contributed by atoms with Crippen molar-refractivity contribution < 1.29 is 19.3 Å². The van der Waals surface area contributed by atoms with Crippen LogP contribution in [0.15, 0.2) is 103 Å². The molecule has 1 spiro atoms. The second-order valence-electron chi connectivity index (χ2n) is 10.3. The molecule has 1 fully saturated rings. The third-order valence-electron chi connectivity index (χ3n) is 8.37. The van der Waals surface area contributed by atoms with Gasteiger partial charge in [0.25, 0.3) is 5.69 Å². The molecule has 0 saturated carbocycles. The number of carbonyl (C=O) groups is 3. The zero-order valence-corrected chi connectivity index (χ0v) is 21.5. The van der Waals surface area contributed by atoms with Gasteiger partial charge in [-0.15, -0.1) is 0 Å². The number of nitrogens with zero attached hydrogens (tertiary/aromatic N) is 3. The van der Waals surface area contributed by atoms with Gasteiger partial charge in [-0.3, -0.25) is 29.5 Å². The lowest BCUT2D eigenvalue weighted by Gasteiger charge is -2.37. The van der Waals surface area contributed by atoms with E-state index in [0.29, 0.717) is 16.9 Å². The number of aromatic nitrogens is 1. The Labute approximate surface area is 234 Å². The van der Waals surface area contributed by atoms with Gasteiger partial charge in [0.15, 0.2) is 11.6 Å². The summed E-state index contributed by atoms with van der Waals surface area (Å²) in [5, 5.41) is 14.3. The number of rotatable bonds is 5. The maximum Gasteiger partial charge on any atom is 0.269 e. The van der Waals surface area contributed by atoms with Crippen molar-refractivity contribution in [2.45, 2.75) is 17.5 Å². The molecule has 1 N–H and O–H groups in total. The fraction of sp³-hybridized carbons (Fsp3) is 0.125. The van der Waals surface area contributed by atoms with E-state index in [0.717, 1.165) is 5.56 Å². The average molecular weight is 543 g/mol. The van der Waals surface area contributed by atoms with E-state index < -0.39 is 39.9 Å². The van der Waals surface area contributed by atoms with Gasteiger partial charge < -0.3 is 10.2 Å². The van der Waals surface area contributed by atoms with Crippen LogP contribution < -0.4 is 10.2 Å². The number of amides is 1. The van der Waals surface area contributed by atoms with E-state index in [9.17, 15) is 24.5 Å². The number of para-hydroxylation sites is 2. The van der Waals surface area contributed by atoms with Crippen molar-refractivity contribution in [3.8, 4) is 0 Å². The lowest BCUT2D eigenvalue weighted by atomic mass is 9.64. The summed E-state index contributed by atoms with van der Waals surface area (Å²) < 4.78 is 0. The number of pyridine rings is 1. The number of ketones is 2. The van der Waals surface area contributed by atoms with Crippen molar-refractivity contribution in [1.29, 1.82) is 0 Å². The molecule has 1 amide bonds. The molecule has 4 aromatic rings. The average Bonchev–Trinajstić information content (AvgIpc) is 3.49. The zero-order chi connectivity index (χ0) is 28.3. The molecule has 0 radical (unpaired) electrons. The number of benzene rings is 3. The molecule has 4 atom stereocenters. The third-order valence-corrected chi connectivity index (χ3v) is 8.37. The molecule has 1 aromatic heterocycles. The summed E-state index contributed by atoms with van der Waals surface area (Å²) in [5.41, 5.74) is 1.53. The van der Waals surface area contributed by atoms with Crippen LogP contribution in [0.1, 0.15) is 32.0 Å². The molecular formula is C32H22N4O5. The van der Waals surface area contributed by atoms with Gasteiger partial charge in [-0.25, -0.2) is 0 Å².